The molecule has 2 amide bonds. The summed E-state index contributed by atoms with van der Waals surface area (Å²) in [5.41, 5.74) is -0.107. The summed E-state index contributed by atoms with van der Waals surface area (Å²) < 4.78 is 37.6. The molecule has 8 nitrogen and oxygen atoms in total. The first-order valence-corrected chi connectivity index (χ1v) is 6.70. The molecule has 0 spiro atoms. The molecule has 130 valence electrons. The Hall–Kier alpha value is -2.69. The molecule has 2 rings (SSSR count). The lowest BCUT2D eigenvalue weighted by molar-refractivity contribution is -0.384. The minimum Gasteiger partial charge on any atom is -0.391 e. The van der Waals surface area contributed by atoms with Crippen LogP contribution in [0.25, 0.3) is 0 Å². The molecular weight excluding hydrogens is 335 g/mol. The van der Waals surface area contributed by atoms with Gasteiger partial charge in [0.2, 0.25) is 5.91 Å². The van der Waals surface area contributed by atoms with Gasteiger partial charge in [-0.3, -0.25) is 19.7 Å². The number of hydrogen-bond acceptors (Lipinski definition) is 5. The maximum absolute atomic E-state index is 12.5. The molecule has 2 N–H and O–H groups in total. The first kappa shape index (κ1) is 17.7. The number of carbonyl (C=O) groups is 2. The monoisotopic (exact) mass is 347 g/mol. The van der Waals surface area contributed by atoms with E-state index in [2.05, 4.69) is 5.32 Å². The second-order valence-corrected chi connectivity index (χ2v) is 5.15. The van der Waals surface area contributed by atoms with Gasteiger partial charge >= 0.3 is 12.1 Å². The van der Waals surface area contributed by atoms with Crippen LogP contribution in [-0.2, 0) is 9.59 Å². The largest absolute Gasteiger partial charge is 0.471 e. The van der Waals surface area contributed by atoms with E-state index >= 15 is 0 Å². The molecule has 0 unspecified atom stereocenters. The molecule has 11 heteroatoms. The predicted octanol–water partition coefficient (Wildman–Crippen LogP) is 1.06. The van der Waals surface area contributed by atoms with Crippen molar-refractivity contribution in [3.63, 3.8) is 0 Å². The number of aliphatic hydroxyl groups excluding tert-OH is 1. The number of halogens is 3. The normalized spacial score (nSPS) is 20.8. The Morgan fingerprint density at radius 3 is 2.38 bits per heavy atom. The van der Waals surface area contributed by atoms with Crippen molar-refractivity contribution in [1.82, 2.24) is 4.90 Å². The molecule has 1 aromatic rings. The van der Waals surface area contributed by atoms with E-state index in [9.17, 15) is 38.0 Å². The molecule has 2 atom stereocenters. The quantitative estimate of drug-likeness (QED) is 0.627. The van der Waals surface area contributed by atoms with Gasteiger partial charge in [0.25, 0.3) is 5.69 Å². The van der Waals surface area contributed by atoms with E-state index < -0.39 is 41.6 Å². The number of rotatable bonds is 3. The number of likely N-dealkylation sites (tertiary alicyclic amines) is 1. The van der Waals surface area contributed by atoms with E-state index in [4.69, 9.17) is 0 Å². The van der Waals surface area contributed by atoms with Crippen molar-refractivity contribution in [1.29, 1.82) is 0 Å². The molecule has 0 aliphatic carbocycles. The van der Waals surface area contributed by atoms with Gasteiger partial charge in [-0.05, 0) is 12.1 Å². The van der Waals surface area contributed by atoms with Crippen LogP contribution in [0.15, 0.2) is 24.3 Å². The molecular formula is C13H12F3N3O5. The molecule has 1 heterocycles. The summed E-state index contributed by atoms with van der Waals surface area (Å²) in [6.45, 7) is -0.601. The zero-order chi connectivity index (χ0) is 18.1. The van der Waals surface area contributed by atoms with Gasteiger partial charge in [-0.15, -0.1) is 0 Å². The summed E-state index contributed by atoms with van der Waals surface area (Å²) in [5.74, 6) is -3.12. The van der Waals surface area contributed by atoms with Crippen molar-refractivity contribution in [2.75, 3.05) is 11.9 Å². The van der Waals surface area contributed by atoms with E-state index in [1.54, 1.807) is 0 Å². The Labute approximate surface area is 133 Å². The molecule has 1 aliphatic heterocycles. The smallest absolute Gasteiger partial charge is 0.391 e. The minimum absolute atomic E-state index is 0.117. The molecule has 0 bridgehead atoms. The van der Waals surface area contributed by atoms with Gasteiger partial charge in [0.1, 0.15) is 6.04 Å². The number of nitrogens with zero attached hydrogens (tertiary/aromatic N) is 2. The van der Waals surface area contributed by atoms with Crippen LogP contribution in [0.3, 0.4) is 0 Å². The number of hydrogen-bond donors (Lipinski definition) is 2. The van der Waals surface area contributed by atoms with E-state index in [1.807, 2.05) is 0 Å². The zero-order valence-electron chi connectivity index (χ0n) is 12.0. The molecule has 1 fully saturated rings. The summed E-state index contributed by atoms with van der Waals surface area (Å²) in [7, 11) is 0. The SMILES string of the molecule is O=C(Nc1ccc([N+](=O)[O-])cc1)[C@H]1C[C@H](O)CN1C(=O)C(F)(F)F. The number of β-amino-alcohol motifs (C(OH)–C–C–N with tert-alkyl or cyclic N) is 1. The number of nitrogens with one attached hydrogen (secondary N) is 1. The van der Waals surface area contributed by atoms with Crippen molar-refractivity contribution in [2.24, 2.45) is 0 Å². The lowest BCUT2D eigenvalue weighted by atomic mass is 10.1. The number of anilines is 1. The van der Waals surface area contributed by atoms with Crippen LogP contribution in [0.4, 0.5) is 24.5 Å². The highest BCUT2D eigenvalue weighted by molar-refractivity contribution is 5.98. The number of nitro benzene ring substituents is 1. The lowest BCUT2D eigenvalue weighted by Crippen LogP contribution is -2.48. The topological polar surface area (TPSA) is 113 Å². The van der Waals surface area contributed by atoms with Crippen LogP contribution in [0.5, 0.6) is 0 Å². The summed E-state index contributed by atoms with van der Waals surface area (Å²) in [6.07, 6.45) is -6.74. The Morgan fingerprint density at radius 1 is 1.29 bits per heavy atom. The molecule has 1 saturated heterocycles. The third-order valence-corrected chi connectivity index (χ3v) is 3.43. The third kappa shape index (κ3) is 3.79. The number of carbonyl (C=O) groups excluding carboxylic acids is 2. The number of non-ortho nitro benzene ring substituents is 1. The number of benzene rings is 1. The number of amides is 2. The Kier molecular flexibility index (Phi) is 4.73. The van der Waals surface area contributed by atoms with Gasteiger partial charge in [0.15, 0.2) is 0 Å². The number of aliphatic hydroxyl groups is 1. The van der Waals surface area contributed by atoms with Crippen molar-refractivity contribution >= 4 is 23.2 Å². The highest BCUT2D eigenvalue weighted by atomic mass is 19.4. The predicted molar refractivity (Wildman–Crippen MR) is 73.9 cm³/mol. The highest BCUT2D eigenvalue weighted by Gasteiger charge is 2.49. The van der Waals surface area contributed by atoms with Crippen LogP contribution in [0.2, 0.25) is 0 Å². The fraction of sp³-hybridized carbons (Fsp3) is 0.385. The van der Waals surface area contributed by atoms with Gasteiger partial charge in [0.05, 0.1) is 11.0 Å². The van der Waals surface area contributed by atoms with Crippen molar-refractivity contribution < 1.29 is 32.8 Å². The van der Waals surface area contributed by atoms with E-state index in [0.717, 1.165) is 12.1 Å². The van der Waals surface area contributed by atoms with E-state index in [0.29, 0.717) is 0 Å². The zero-order valence-corrected chi connectivity index (χ0v) is 12.0. The van der Waals surface area contributed by atoms with Crippen molar-refractivity contribution in [3.8, 4) is 0 Å². The van der Waals surface area contributed by atoms with Gasteiger partial charge in [0, 0.05) is 30.8 Å². The summed E-state index contributed by atoms with van der Waals surface area (Å²) >= 11 is 0. The van der Waals surface area contributed by atoms with Gasteiger partial charge < -0.3 is 15.3 Å². The Balaban J connectivity index is 2.12. The van der Waals surface area contributed by atoms with Crippen molar-refractivity contribution in [2.45, 2.75) is 24.7 Å². The molecule has 1 aliphatic rings. The number of nitro groups is 1. The van der Waals surface area contributed by atoms with Crippen LogP contribution in [0.1, 0.15) is 6.42 Å². The summed E-state index contributed by atoms with van der Waals surface area (Å²) in [6, 6.07) is 3.15. The van der Waals surface area contributed by atoms with Crippen LogP contribution < -0.4 is 5.32 Å². The maximum Gasteiger partial charge on any atom is 0.471 e. The first-order chi connectivity index (χ1) is 11.1. The Bertz CT molecular complexity index is 662. The molecule has 0 aromatic heterocycles. The van der Waals surface area contributed by atoms with Crippen LogP contribution in [-0.4, -0.2) is 51.6 Å². The minimum atomic E-state index is -5.16. The average molecular weight is 347 g/mol. The fourth-order valence-corrected chi connectivity index (χ4v) is 2.34. The second-order valence-electron chi connectivity index (χ2n) is 5.15. The summed E-state index contributed by atoms with van der Waals surface area (Å²) in [5, 5.41) is 22.3. The molecule has 24 heavy (non-hydrogen) atoms. The van der Waals surface area contributed by atoms with Crippen LogP contribution in [0, 0.1) is 10.1 Å². The molecule has 0 radical (unpaired) electrons. The highest BCUT2D eigenvalue weighted by Crippen LogP contribution is 2.27. The standard InChI is InChI=1S/C13H12F3N3O5/c14-13(15,16)12(22)18-6-9(20)5-10(18)11(21)17-7-1-3-8(4-2-7)19(23)24/h1-4,9-10,20H,5-6H2,(H,17,21)/t9-,10+/m0/s1. The Morgan fingerprint density at radius 2 is 1.88 bits per heavy atom. The van der Waals surface area contributed by atoms with Crippen molar-refractivity contribution in [3.05, 3.63) is 34.4 Å². The first-order valence-electron chi connectivity index (χ1n) is 6.70. The van der Waals surface area contributed by atoms with Gasteiger partial charge in [-0.1, -0.05) is 0 Å². The van der Waals surface area contributed by atoms with Crippen LogP contribution >= 0.6 is 0 Å². The van der Waals surface area contributed by atoms with Gasteiger partial charge in [-0.25, -0.2) is 0 Å². The molecule has 1 aromatic carbocycles. The van der Waals surface area contributed by atoms with E-state index in [1.165, 1.54) is 12.1 Å². The maximum atomic E-state index is 12.5. The third-order valence-electron chi connectivity index (χ3n) is 3.43. The second kappa shape index (κ2) is 6.43. The van der Waals surface area contributed by atoms with E-state index in [-0.39, 0.29) is 22.7 Å². The average Bonchev–Trinajstić information content (AvgIpc) is 2.88. The molecule has 0 saturated carbocycles. The summed E-state index contributed by atoms with van der Waals surface area (Å²) in [4.78, 5) is 33.6. The number of alkyl halides is 3. The fourth-order valence-electron chi connectivity index (χ4n) is 2.34. The van der Waals surface area contributed by atoms with Gasteiger partial charge in [-0.2, -0.15) is 13.2 Å². The lowest BCUT2D eigenvalue weighted by Gasteiger charge is -2.24.